The second kappa shape index (κ2) is 64.2. The molecule has 3 saturated heterocycles. The highest BCUT2D eigenvalue weighted by molar-refractivity contribution is 8.78. The van der Waals surface area contributed by atoms with E-state index < -0.39 is 41.8 Å². The largest absolute Gasteiger partial charge is 0.481 e. The molecule has 0 aromatic rings. The summed E-state index contributed by atoms with van der Waals surface area (Å²) in [5.41, 5.74) is 0. The summed E-state index contributed by atoms with van der Waals surface area (Å²) in [6.45, 7) is 0. The maximum Gasteiger partial charge on any atom is 0.317 e. The minimum Gasteiger partial charge on any atom is -0.481 e. The normalized spacial score (nSPS) is 17.5. The van der Waals surface area contributed by atoms with Gasteiger partial charge in [-0.3, -0.25) is 33.6 Å². The Morgan fingerprint density at radius 1 is 0.462 bits per heavy atom. The van der Waals surface area contributed by atoms with Gasteiger partial charge in [0, 0.05) is 75.6 Å². The lowest BCUT2D eigenvalue weighted by Gasteiger charge is -2.12. The molecule has 0 aromatic heterocycles. The first-order chi connectivity index (χ1) is 37.2. The maximum absolute atomic E-state index is 10.4. The Balaban J connectivity index is -0.000000411. The molecule has 3 heterocycles. The predicted molar refractivity (Wildman–Crippen MR) is 365 cm³/mol. The van der Waals surface area contributed by atoms with Crippen LogP contribution in [0.3, 0.4) is 0 Å². The van der Waals surface area contributed by atoms with Crippen LogP contribution in [0, 0.1) is 0 Å². The fourth-order valence-corrected chi connectivity index (χ4v) is 19.7. The fourth-order valence-electron chi connectivity index (χ4n) is 6.27. The summed E-state index contributed by atoms with van der Waals surface area (Å²) >= 11 is 18.9. The molecule has 3 rings (SSSR count). The Morgan fingerprint density at radius 2 is 0.885 bits per heavy atom. The molecule has 3 aliphatic rings. The van der Waals surface area contributed by atoms with Crippen molar-refractivity contribution in [1.82, 2.24) is 0 Å². The number of thioether (sulfide) groups is 6. The highest BCUT2D eigenvalue weighted by Crippen LogP contribution is 2.41. The van der Waals surface area contributed by atoms with Crippen molar-refractivity contribution in [3.8, 4) is 0 Å². The first kappa shape index (κ1) is 85.6. The minimum atomic E-state index is -0.708. The van der Waals surface area contributed by atoms with Crippen LogP contribution < -0.4 is 0 Å². The maximum atomic E-state index is 10.4. The molecule has 7 N–H and O–H groups in total. The molecule has 7 atom stereocenters. The van der Waals surface area contributed by atoms with Crippen molar-refractivity contribution in [3.05, 3.63) is 0 Å². The van der Waals surface area contributed by atoms with E-state index >= 15 is 0 Å². The molecule has 0 radical (unpaired) electrons. The number of aliphatic carboxylic acids is 7. The lowest BCUT2D eigenvalue weighted by Crippen LogP contribution is -2.16. The SMILES string of the molecule is CSCCC(CCC(=O)O)SC.CSCCC(CCCCC(=O)O)SC.CSCCC(SC)C(=O)O.O=C(O)C1CCSS1.O=C(O)CCC1CCSS1.O=C(O)CCCCC(S)CCS.O=C(O)CCCCC1CCSS1. The molecule has 0 aliphatic carbocycles. The van der Waals surface area contributed by atoms with Gasteiger partial charge in [-0.25, -0.2) is 0 Å². The number of hydrogen-bond acceptors (Lipinski definition) is 21. The van der Waals surface area contributed by atoms with E-state index in [0.29, 0.717) is 41.4 Å². The summed E-state index contributed by atoms with van der Waals surface area (Å²) in [6.07, 6.45) is 31.7. The number of carbonyl (C=O) groups is 7. The lowest BCUT2D eigenvalue weighted by molar-refractivity contribution is -0.138. The van der Waals surface area contributed by atoms with Crippen LogP contribution in [0.5, 0.6) is 0 Å². The van der Waals surface area contributed by atoms with Crippen LogP contribution in [-0.4, -0.2) is 192 Å². The molecule has 28 heteroatoms. The zero-order valence-corrected chi connectivity index (χ0v) is 58.1. The van der Waals surface area contributed by atoms with Gasteiger partial charge in [-0.2, -0.15) is 95.8 Å². The number of unbranched alkanes of at least 4 members (excludes halogenated alkanes) is 3. The molecule has 0 bridgehead atoms. The summed E-state index contributed by atoms with van der Waals surface area (Å²) in [5.74, 6) is 2.82. The Kier molecular flexibility index (Phi) is 70.5. The zero-order chi connectivity index (χ0) is 59.8. The quantitative estimate of drug-likeness (QED) is 0.0159. The molecule has 3 aliphatic heterocycles. The molecule has 14 nitrogen and oxygen atoms in total. The second-order valence-electron chi connectivity index (χ2n) is 17.3. The average molecular weight is 1370 g/mol. The highest BCUT2D eigenvalue weighted by atomic mass is 33.1. The third-order valence-electron chi connectivity index (χ3n) is 10.8. The van der Waals surface area contributed by atoms with E-state index in [1.165, 1.54) is 65.5 Å². The molecule has 0 aromatic carbocycles. The molecule has 78 heavy (non-hydrogen) atoms. The number of carboxylic acids is 7. The first-order valence-corrected chi connectivity index (χ1v) is 42.2. The third kappa shape index (κ3) is 66.3. The number of thiol groups is 2. The average Bonchev–Trinajstić information content (AvgIpc) is 4.24. The minimum absolute atomic E-state index is 0.139. The van der Waals surface area contributed by atoms with Gasteiger partial charge in [0.2, 0.25) is 0 Å². The van der Waals surface area contributed by atoms with E-state index in [9.17, 15) is 33.6 Å². The summed E-state index contributed by atoms with van der Waals surface area (Å²) < 4.78 is 0. The van der Waals surface area contributed by atoms with Gasteiger partial charge in [-0.1, -0.05) is 84.0 Å². The Morgan fingerprint density at radius 3 is 1.24 bits per heavy atom. The van der Waals surface area contributed by atoms with Crippen molar-refractivity contribution in [1.29, 1.82) is 0 Å². The topological polar surface area (TPSA) is 261 Å². The van der Waals surface area contributed by atoms with Crippen molar-refractivity contribution in [2.75, 3.05) is 77.8 Å². The Hall–Kier alpha value is 1.19. The summed E-state index contributed by atoms with van der Waals surface area (Å²) in [6, 6.07) is 0. The van der Waals surface area contributed by atoms with Crippen molar-refractivity contribution in [2.24, 2.45) is 0 Å². The fraction of sp³-hybridized carbons (Fsp3) is 0.860. The van der Waals surface area contributed by atoms with E-state index in [1.807, 2.05) is 97.2 Å². The molecule has 462 valence electrons. The smallest absolute Gasteiger partial charge is 0.317 e. The van der Waals surface area contributed by atoms with Crippen LogP contribution in [0.1, 0.15) is 148 Å². The zero-order valence-electron chi connectivity index (χ0n) is 46.5. The monoisotopic (exact) mass is 1370 g/mol. The second-order valence-corrected chi connectivity index (χ2v) is 33.0. The number of carboxylic acid groups (broad SMARTS) is 7. The van der Waals surface area contributed by atoms with Crippen LogP contribution in [0.15, 0.2) is 0 Å². The van der Waals surface area contributed by atoms with Crippen LogP contribution in [-0.2, 0) is 33.6 Å². The van der Waals surface area contributed by atoms with Crippen LogP contribution in [0.4, 0.5) is 0 Å². The summed E-state index contributed by atoms with van der Waals surface area (Å²) in [5, 5.41) is 61.7. The van der Waals surface area contributed by atoms with Crippen molar-refractivity contribution >= 4 is 202 Å². The van der Waals surface area contributed by atoms with Crippen LogP contribution in [0.2, 0.25) is 0 Å². The van der Waals surface area contributed by atoms with Crippen molar-refractivity contribution in [3.63, 3.8) is 0 Å². The van der Waals surface area contributed by atoms with Crippen LogP contribution in [0.25, 0.3) is 0 Å². The van der Waals surface area contributed by atoms with Gasteiger partial charge in [0.05, 0.1) is 0 Å². The van der Waals surface area contributed by atoms with Crippen molar-refractivity contribution < 1.29 is 69.3 Å². The highest BCUT2D eigenvalue weighted by Gasteiger charge is 2.23. The van der Waals surface area contributed by atoms with E-state index in [0.717, 1.165) is 123 Å². The molecule has 0 spiro atoms. The van der Waals surface area contributed by atoms with E-state index in [4.69, 9.17) is 35.7 Å². The summed E-state index contributed by atoms with van der Waals surface area (Å²) in [4.78, 5) is 71.6. The van der Waals surface area contributed by atoms with Gasteiger partial charge in [0.1, 0.15) is 10.5 Å². The standard InChI is InChI=1S/C10H20O2S2.C8H14O2S2.2C8H16O2S2.C6H10O2S2.C6H12O2S2.C4H6O2S2/c1-13-8-7-9(14-2)5-3-4-6-10(11)12;9-8(10)4-2-1-3-7-5-6-11-12-7;1-11-6-5-7(12-2)3-4-8(9)10;9-8(10)4-2-1-3-7(12)5-6-11;7-6(8)2-1-5-3-4-9-10-5;1-9-4-3-5(10-2)6(7)8;5-4(6)3-1-2-7-8-3/h9H,3-8H2,1-2H3,(H,11,12);7H,1-6H2,(H,9,10);7H,3-6H2,1-2H3,(H,9,10);7,11-12H,1-6H2,(H,9,10);5H,1-4H2,(H,7,8);5H,3-4H2,1-2H3,(H,7,8);3H,1-2H2,(H,5,6). The molecular weight excluding hydrogens is 1270 g/mol. The van der Waals surface area contributed by atoms with Crippen LogP contribution >= 0.6 is 161 Å². The number of hydrogen-bond donors (Lipinski definition) is 9. The molecule has 0 amide bonds. The van der Waals surface area contributed by atoms with Crippen molar-refractivity contribution in [2.45, 2.75) is 184 Å². The predicted octanol–water partition coefficient (Wildman–Crippen LogP) is 15.3. The molecule has 7 unspecified atom stereocenters. The van der Waals surface area contributed by atoms with Gasteiger partial charge in [0.25, 0.3) is 0 Å². The van der Waals surface area contributed by atoms with E-state index in [1.54, 1.807) is 34.3 Å². The first-order valence-electron chi connectivity index (χ1n) is 25.9. The Bertz CT molecular complexity index is 1470. The Labute approximate surface area is 528 Å². The van der Waals surface area contributed by atoms with Gasteiger partial charge in [-0.15, -0.1) is 0 Å². The van der Waals surface area contributed by atoms with E-state index in [-0.39, 0.29) is 16.9 Å². The third-order valence-corrected chi connectivity index (χ3v) is 25.6. The molecule has 3 fully saturated rings. The van der Waals surface area contributed by atoms with E-state index in [2.05, 4.69) is 44.0 Å². The van der Waals surface area contributed by atoms with Gasteiger partial charge >= 0.3 is 41.8 Å². The molecular formula is C50H94O14S14. The molecule has 0 saturated carbocycles. The lowest BCUT2D eigenvalue weighted by atomic mass is 10.1. The summed E-state index contributed by atoms with van der Waals surface area (Å²) in [7, 11) is 10.7. The van der Waals surface area contributed by atoms with Gasteiger partial charge in [0.15, 0.2) is 0 Å². The van der Waals surface area contributed by atoms with Gasteiger partial charge in [-0.05, 0) is 157 Å². The van der Waals surface area contributed by atoms with Gasteiger partial charge < -0.3 is 35.7 Å². The number of rotatable bonds is 37.